The largest absolute Gasteiger partial charge is 0.384 e. The first-order valence-electron chi connectivity index (χ1n) is 5.23. The quantitative estimate of drug-likeness (QED) is 0.801. The van der Waals surface area contributed by atoms with Gasteiger partial charge in [0.2, 0.25) is 0 Å². The second-order valence-electron chi connectivity index (χ2n) is 4.39. The molecule has 1 atom stereocenters. The molecule has 2 rings (SSSR count). The third kappa shape index (κ3) is 2.16. The highest BCUT2D eigenvalue weighted by atomic mass is 16.5. The number of rotatable bonds is 2. The van der Waals surface area contributed by atoms with Gasteiger partial charge in [0.25, 0.3) is 0 Å². The van der Waals surface area contributed by atoms with Crippen molar-refractivity contribution in [1.29, 1.82) is 0 Å². The lowest BCUT2D eigenvalue weighted by atomic mass is 9.96. The van der Waals surface area contributed by atoms with Crippen LogP contribution in [0.1, 0.15) is 44.1 Å². The Morgan fingerprint density at radius 3 is 2.93 bits per heavy atom. The lowest BCUT2D eigenvalue weighted by Gasteiger charge is -2.22. The van der Waals surface area contributed by atoms with Gasteiger partial charge in [-0.15, -0.1) is 0 Å². The molecule has 2 heterocycles. The molecule has 0 bridgehead atoms. The molecule has 1 aliphatic rings. The van der Waals surface area contributed by atoms with Gasteiger partial charge in [-0.05, 0) is 26.7 Å². The van der Waals surface area contributed by atoms with Crippen LogP contribution in [0.15, 0.2) is 12.5 Å². The molecule has 0 amide bonds. The third-order valence-electron chi connectivity index (χ3n) is 2.60. The molecule has 1 aromatic heterocycles. The van der Waals surface area contributed by atoms with E-state index in [1.54, 1.807) is 20.0 Å². The van der Waals surface area contributed by atoms with Crippen LogP contribution in [0.4, 0.5) is 0 Å². The van der Waals surface area contributed by atoms with E-state index >= 15 is 0 Å². The van der Waals surface area contributed by atoms with E-state index in [0.717, 1.165) is 25.0 Å². The summed E-state index contributed by atoms with van der Waals surface area (Å²) in [6.45, 7) is 4.24. The van der Waals surface area contributed by atoms with E-state index in [9.17, 15) is 5.11 Å². The van der Waals surface area contributed by atoms with Crippen molar-refractivity contribution >= 4 is 0 Å². The Morgan fingerprint density at radius 2 is 2.33 bits per heavy atom. The first kappa shape index (κ1) is 10.5. The fourth-order valence-electron chi connectivity index (χ4n) is 1.91. The normalized spacial score (nSPS) is 21.9. The number of hydrogen-bond acceptors (Lipinski definition) is 4. The summed E-state index contributed by atoms with van der Waals surface area (Å²) in [6, 6.07) is 0. The second-order valence-corrected chi connectivity index (χ2v) is 4.39. The number of hydrogen-bond donors (Lipinski definition) is 1. The average Bonchev–Trinajstić information content (AvgIpc) is 2.69. The maximum absolute atomic E-state index is 9.98. The molecule has 0 spiro atoms. The molecule has 1 aliphatic heterocycles. The fraction of sp³-hybridized carbons (Fsp3) is 0.636. The molecule has 1 N–H and O–H groups in total. The topological polar surface area (TPSA) is 55.2 Å². The van der Waals surface area contributed by atoms with Crippen molar-refractivity contribution in [2.24, 2.45) is 0 Å². The number of aromatic nitrogens is 2. The number of nitrogens with zero attached hydrogens (tertiary/aromatic N) is 2. The van der Waals surface area contributed by atoms with Crippen LogP contribution in [0.5, 0.6) is 0 Å². The van der Waals surface area contributed by atoms with Crippen molar-refractivity contribution in [3.63, 3.8) is 0 Å². The highest BCUT2D eigenvalue weighted by Gasteiger charge is 2.28. The van der Waals surface area contributed by atoms with E-state index in [-0.39, 0.29) is 6.10 Å². The van der Waals surface area contributed by atoms with Gasteiger partial charge in [-0.25, -0.2) is 9.97 Å². The van der Waals surface area contributed by atoms with Crippen LogP contribution < -0.4 is 0 Å². The lowest BCUT2D eigenvalue weighted by molar-refractivity contribution is 0.0630. The summed E-state index contributed by atoms with van der Waals surface area (Å²) in [5, 5.41) is 9.98. The van der Waals surface area contributed by atoms with Crippen LogP contribution in [0.3, 0.4) is 0 Å². The van der Waals surface area contributed by atoms with Crippen molar-refractivity contribution in [3.8, 4) is 0 Å². The Labute approximate surface area is 89.3 Å². The van der Waals surface area contributed by atoms with Gasteiger partial charge in [0, 0.05) is 18.4 Å². The van der Waals surface area contributed by atoms with Crippen molar-refractivity contribution in [3.05, 3.63) is 23.8 Å². The van der Waals surface area contributed by atoms with E-state index in [4.69, 9.17) is 4.74 Å². The smallest absolute Gasteiger partial charge is 0.115 e. The molecular formula is C11H16N2O2. The van der Waals surface area contributed by atoms with Crippen molar-refractivity contribution < 1.29 is 9.84 Å². The van der Waals surface area contributed by atoms with Crippen LogP contribution in [0, 0.1) is 0 Å². The summed E-state index contributed by atoms with van der Waals surface area (Å²) < 4.78 is 5.58. The van der Waals surface area contributed by atoms with E-state index < -0.39 is 5.60 Å². The predicted octanol–water partition coefficient (Wildman–Crippen LogP) is 1.56. The van der Waals surface area contributed by atoms with Gasteiger partial charge in [0.05, 0.1) is 11.8 Å². The lowest BCUT2D eigenvalue weighted by Crippen LogP contribution is -2.21. The zero-order valence-electron chi connectivity index (χ0n) is 9.10. The van der Waals surface area contributed by atoms with Gasteiger partial charge in [-0.2, -0.15) is 0 Å². The number of aliphatic hydroxyl groups is 1. The summed E-state index contributed by atoms with van der Waals surface area (Å²) in [4.78, 5) is 8.15. The monoisotopic (exact) mass is 208 g/mol. The summed E-state index contributed by atoms with van der Waals surface area (Å²) >= 11 is 0. The minimum atomic E-state index is -0.940. The molecule has 0 saturated carbocycles. The molecular weight excluding hydrogens is 192 g/mol. The Morgan fingerprint density at radius 1 is 1.53 bits per heavy atom. The highest BCUT2D eigenvalue weighted by molar-refractivity contribution is 5.24. The maximum atomic E-state index is 9.98. The summed E-state index contributed by atoms with van der Waals surface area (Å²) in [5.74, 6) is 0. The van der Waals surface area contributed by atoms with Gasteiger partial charge < -0.3 is 9.84 Å². The molecule has 1 aromatic rings. The molecule has 15 heavy (non-hydrogen) atoms. The molecule has 1 unspecified atom stereocenters. The van der Waals surface area contributed by atoms with Crippen LogP contribution in [0.2, 0.25) is 0 Å². The van der Waals surface area contributed by atoms with Crippen LogP contribution in [-0.4, -0.2) is 21.7 Å². The van der Waals surface area contributed by atoms with E-state index in [1.807, 2.05) is 0 Å². The summed E-state index contributed by atoms with van der Waals surface area (Å²) in [5.41, 5.74) is 0.649. The molecule has 0 aromatic carbocycles. The van der Waals surface area contributed by atoms with Crippen LogP contribution in [-0.2, 0) is 10.3 Å². The zero-order valence-corrected chi connectivity index (χ0v) is 9.10. The standard InChI is InChI=1S/C11H16N2O2/c1-11(2,14)10-8(6-12-7-13-10)9-4-3-5-15-9/h6-7,9,14H,3-5H2,1-2H3. The van der Waals surface area contributed by atoms with Crippen molar-refractivity contribution in [2.45, 2.75) is 38.4 Å². The van der Waals surface area contributed by atoms with Gasteiger partial charge in [-0.3, -0.25) is 0 Å². The molecule has 82 valence electrons. The maximum Gasteiger partial charge on any atom is 0.115 e. The predicted molar refractivity (Wildman–Crippen MR) is 55.2 cm³/mol. The Kier molecular flexibility index (Phi) is 2.71. The molecule has 4 nitrogen and oxygen atoms in total. The Bertz CT molecular complexity index is 341. The average molecular weight is 208 g/mol. The molecule has 1 fully saturated rings. The van der Waals surface area contributed by atoms with Gasteiger partial charge >= 0.3 is 0 Å². The minimum Gasteiger partial charge on any atom is -0.384 e. The summed E-state index contributed by atoms with van der Waals surface area (Å²) in [6.07, 6.45) is 5.30. The first-order valence-corrected chi connectivity index (χ1v) is 5.23. The third-order valence-corrected chi connectivity index (χ3v) is 2.60. The Hall–Kier alpha value is -1.00. The summed E-state index contributed by atoms with van der Waals surface area (Å²) in [7, 11) is 0. The van der Waals surface area contributed by atoms with Crippen molar-refractivity contribution in [1.82, 2.24) is 9.97 Å². The van der Waals surface area contributed by atoms with Gasteiger partial charge in [0.1, 0.15) is 11.9 Å². The van der Waals surface area contributed by atoms with E-state index in [0.29, 0.717) is 5.69 Å². The molecule has 0 radical (unpaired) electrons. The van der Waals surface area contributed by atoms with Gasteiger partial charge in [-0.1, -0.05) is 0 Å². The first-order chi connectivity index (χ1) is 7.09. The Balaban J connectivity index is 2.37. The minimum absolute atomic E-state index is 0.0487. The van der Waals surface area contributed by atoms with Crippen LogP contribution in [0.25, 0.3) is 0 Å². The number of ether oxygens (including phenoxy) is 1. The molecule has 1 saturated heterocycles. The molecule has 4 heteroatoms. The van der Waals surface area contributed by atoms with E-state index in [1.165, 1.54) is 6.33 Å². The fourth-order valence-corrected chi connectivity index (χ4v) is 1.91. The highest BCUT2D eigenvalue weighted by Crippen LogP contribution is 2.33. The van der Waals surface area contributed by atoms with Gasteiger partial charge in [0.15, 0.2) is 0 Å². The van der Waals surface area contributed by atoms with Crippen LogP contribution >= 0.6 is 0 Å². The van der Waals surface area contributed by atoms with E-state index in [2.05, 4.69) is 9.97 Å². The zero-order chi connectivity index (χ0) is 10.9. The molecule has 0 aliphatic carbocycles. The van der Waals surface area contributed by atoms with Crippen molar-refractivity contribution in [2.75, 3.05) is 6.61 Å². The second kappa shape index (κ2) is 3.87. The SMILES string of the molecule is CC(C)(O)c1ncncc1C1CCCO1.